The molecular formula is C15H31IN4O3. The Kier molecular flexibility index (Phi) is 10.7. The van der Waals surface area contributed by atoms with E-state index in [1.54, 1.807) is 14.1 Å². The van der Waals surface area contributed by atoms with Crippen LogP contribution in [-0.2, 0) is 14.3 Å². The number of rotatable bonds is 7. The number of carbonyl (C=O) groups excluding carboxylic acids is 1. The van der Waals surface area contributed by atoms with Crippen LogP contribution in [-0.4, -0.2) is 69.5 Å². The van der Waals surface area contributed by atoms with Gasteiger partial charge in [-0.3, -0.25) is 4.79 Å². The van der Waals surface area contributed by atoms with E-state index in [1.807, 2.05) is 6.92 Å². The summed E-state index contributed by atoms with van der Waals surface area (Å²) in [6.07, 6.45) is 0.719. The first-order valence-corrected chi connectivity index (χ1v) is 7.82. The second-order valence-corrected chi connectivity index (χ2v) is 6.24. The van der Waals surface area contributed by atoms with E-state index in [2.05, 4.69) is 29.5 Å². The topological polar surface area (TPSA) is 75.2 Å². The van der Waals surface area contributed by atoms with E-state index >= 15 is 0 Å². The number of aliphatic imine (C=N–C) groups is 1. The average molecular weight is 442 g/mol. The lowest BCUT2D eigenvalue weighted by atomic mass is 10.2. The molecular weight excluding hydrogens is 411 g/mol. The molecule has 0 aromatic heterocycles. The fraction of sp³-hybridized carbons (Fsp3) is 0.867. The van der Waals surface area contributed by atoms with Crippen LogP contribution in [0.15, 0.2) is 4.99 Å². The molecule has 1 rings (SSSR count). The van der Waals surface area contributed by atoms with Crippen LogP contribution < -0.4 is 10.6 Å². The maximum atomic E-state index is 11.6. The molecule has 1 fully saturated rings. The van der Waals surface area contributed by atoms with Gasteiger partial charge in [0.25, 0.3) is 0 Å². The average Bonchev–Trinajstić information content (AvgIpc) is 2.87. The van der Waals surface area contributed by atoms with E-state index in [4.69, 9.17) is 9.47 Å². The molecule has 1 saturated heterocycles. The maximum absolute atomic E-state index is 11.6. The predicted molar refractivity (Wildman–Crippen MR) is 102 cm³/mol. The van der Waals surface area contributed by atoms with Gasteiger partial charge in [0, 0.05) is 33.6 Å². The normalized spacial score (nSPS) is 16.9. The van der Waals surface area contributed by atoms with E-state index < -0.39 is 5.79 Å². The molecule has 7 nitrogen and oxygen atoms in total. The maximum Gasteiger partial charge on any atom is 0.243 e. The second kappa shape index (κ2) is 11.0. The lowest BCUT2D eigenvalue weighted by Gasteiger charge is -2.23. The minimum Gasteiger partial charge on any atom is -0.356 e. The van der Waals surface area contributed by atoms with Crippen molar-refractivity contribution in [1.29, 1.82) is 0 Å². The second-order valence-electron chi connectivity index (χ2n) is 6.24. The molecule has 0 aromatic carbocycles. The van der Waals surface area contributed by atoms with Crippen LogP contribution in [0.5, 0.6) is 0 Å². The zero-order valence-electron chi connectivity index (χ0n) is 14.8. The molecule has 1 aliphatic heterocycles. The molecule has 0 spiro atoms. The highest BCUT2D eigenvalue weighted by atomic mass is 127. The molecule has 23 heavy (non-hydrogen) atoms. The molecule has 1 aliphatic rings. The number of hydrogen-bond acceptors (Lipinski definition) is 4. The first-order valence-electron chi connectivity index (χ1n) is 7.82. The number of guanidine groups is 1. The molecule has 0 bridgehead atoms. The van der Waals surface area contributed by atoms with Crippen molar-refractivity contribution in [2.24, 2.45) is 10.9 Å². The van der Waals surface area contributed by atoms with E-state index in [0.29, 0.717) is 31.6 Å². The number of ether oxygens (including phenoxy) is 2. The van der Waals surface area contributed by atoms with Crippen molar-refractivity contribution in [3.8, 4) is 0 Å². The molecule has 8 heteroatoms. The first-order chi connectivity index (χ1) is 10.3. The Morgan fingerprint density at radius 1 is 1.26 bits per heavy atom. The third-order valence-corrected chi connectivity index (χ3v) is 3.32. The number of amides is 1. The largest absolute Gasteiger partial charge is 0.356 e. The number of hydrogen-bond donors (Lipinski definition) is 2. The lowest BCUT2D eigenvalue weighted by molar-refractivity contribution is -0.145. The van der Waals surface area contributed by atoms with Gasteiger partial charge in [0.05, 0.1) is 13.2 Å². The Morgan fingerprint density at radius 2 is 1.87 bits per heavy atom. The van der Waals surface area contributed by atoms with Crippen LogP contribution in [0, 0.1) is 5.92 Å². The molecule has 1 heterocycles. The van der Waals surface area contributed by atoms with Gasteiger partial charge >= 0.3 is 0 Å². The Bertz CT molecular complexity index is 383. The zero-order valence-corrected chi connectivity index (χ0v) is 17.2. The number of nitrogens with one attached hydrogen (secondary N) is 2. The molecule has 2 N–H and O–H groups in total. The van der Waals surface area contributed by atoms with Gasteiger partial charge in [-0.2, -0.15) is 0 Å². The van der Waals surface area contributed by atoms with Crippen LogP contribution in [0.2, 0.25) is 0 Å². The summed E-state index contributed by atoms with van der Waals surface area (Å²) in [4.78, 5) is 17.5. The highest BCUT2D eigenvalue weighted by molar-refractivity contribution is 14.0. The van der Waals surface area contributed by atoms with Crippen molar-refractivity contribution in [3.05, 3.63) is 0 Å². The predicted octanol–water partition coefficient (Wildman–Crippen LogP) is 1.04. The van der Waals surface area contributed by atoms with Crippen molar-refractivity contribution in [2.45, 2.75) is 33.0 Å². The van der Waals surface area contributed by atoms with Crippen molar-refractivity contribution >= 4 is 35.8 Å². The summed E-state index contributed by atoms with van der Waals surface area (Å²) in [6, 6.07) is 0. The van der Waals surface area contributed by atoms with Crippen LogP contribution >= 0.6 is 24.0 Å². The molecule has 1 amide bonds. The fourth-order valence-electron chi connectivity index (χ4n) is 1.87. The van der Waals surface area contributed by atoms with Gasteiger partial charge in [-0.1, -0.05) is 13.8 Å². The van der Waals surface area contributed by atoms with Gasteiger partial charge in [0.15, 0.2) is 11.7 Å². The molecule has 0 saturated carbocycles. The van der Waals surface area contributed by atoms with Crippen molar-refractivity contribution < 1.29 is 14.3 Å². The van der Waals surface area contributed by atoms with Gasteiger partial charge in [0.1, 0.15) is 6.54 Å². The monoisotopic (exact) mass is 442 g/mol. The Labute approximate surface area is 156 Å². The minimum absolute atomic E-state index is 0. The molecule has 0 aliphatic carbocycles. The number of nitrogens with zero attached hydrogens (tertiary/aromatic N) is 2. The molecule has 136 valence electrons. The Balaban J connectivity index is 0.00000484. The van der Waals surface area contributed by atoms with Gasteiger partial charge in [-0.25, -0.2) is 4.99 Å². The summed E-state index contributed by atoms with van der Waals surface area (Å²) in [5, 5.41) is 6.47. The summed E-state index contributed by atoms with van der Waals surface area (Å²) in [5.41, 5.74) is 0. The van der Waals surface area contributed by atoms with Crippen LogP contribution in [0.3, 0.4) is 0 Å². The molecule has 0 unspecified atom stereocenters. The Hall–Kier alpha value is -0.610. The number of likely N-dealkylation sites (N-methyl/N-ethyl adjacent to an activating group) is 1. The van der Waals surface area contributed by atoms with Gasteiger partial charge in [-0.05, 0) is 12.8 Å². The lowest BCUT2D eigenvalue weighted by Crippen LogP contribution is -2.42. The van der Waals surface area contributed by atoms with Gasteiger partial charge < -0.3 is 25.0 Å². The smallest absolute Gasteiger partial charge is 0.243 e. The third-order valence-electron chi connectivity index (χ3n) is 3.32. The van der Waals surface area contributed by atoms with Crippen molar-refractivity contribution in [2.75, 3.05) is 46.9 Å². The van der Waals surface area contributed by atoms with E-state index in [1.165, 1.54) is 4.90 Å². The van der Waals surface area contributed by atoms with Gasteiger partial charge in [0.2, 0.25) is 5.91 Å². The number of halogens is 1. The van der Waals surface area contributed by atoms with Crippen LogP contribution in [0.1, 0.15) is 27.2 Å². The van der Waals surface area contributed by atoms with Crippen molar-refractivity contribution in [3.63, 3.8) is 0 Å². The summed E-state index contributed by atoms with van der Waals surface area (Å²) < 4.78 is 11.1. The fourth-order valence-corrected chi connectivity index (χ4v) is 1.87. The third kappa shape index (κ3) is 9.31. The van der Waals surface area contributed by atoms with E-state index in [-0.39, 0.29) is 36.4 Å². The highest BCUT2D eigenvalue weighted by Gasteiger charge is 2.30. The van der Waals surface area contributed by atoms with Gasteiger partial charge in [-0.15, -0.1) is 24.0 Å². The zero-order chi connectivity index (χ0) is 16.6. The van der Waals surface area contributed by atoms with E-state index in [9.17, 15) is 4.79 Å². The number of carbonyl (C=O) groups is 1. The van der Waals surface area contributed by atoms with Crippen molar-refractivity contribution in [1.82, 2.24) is 15.5 Å². The molecule has 0 radical (unpaired) electrons. The highest BCUT2D eigenvalue weighted by Crippen LogP contribution is 2.21. The summed E-state index contributed by atoms with van der Waals surface area (Å²) in [5.74, 6) is 0.594. The van der Waals surface area contributed by atoms with Crippen LogP contribution in [0.4, 0.5) is 0 Å². The minimum atomic E-state index is -0.518. The summed E-state index contributed by atoms with van der Waals surface area (Å²) in [7, 11) is 3.45. The standard InChI is InChI=1S/C15H30N4O3.HI/c1-12(2)10-17-14(18-11-13(20)19(4)5)16-7-6-15(3)21-8-9-22-15;/h12H,6-11H2,1-5H3,(H2,16,17,18);1H. The van der Waals surface area contributed by atoms with E-state index in [0.717, 1.165) is 13.0 Å². The first kappa shape index (κ1) is 22.4. The summed E-state index contributed by atoms with van der Waals surface area (Å²) >= 11 is 0. The molecule has 0 atom stereocenters. The Morgan fingerprint density at radius 3 is 2.39 bits per heavy atom. The molecule has 0 aromatic rings. The van der Waals surface area contributed by atoms with Crippen LogP contribution in [0.25, 0.3) is 0 Å². The quantitative estimate of drug-likeness (QED) is 0.350. The summed E-state index contributed by atoms with van der Waals surface area (Å²) in [6.45, 7) is 9.05. The SMILES string of the molecule is CC(C)CNC(=NCC(=O)N(C)C)NCCC1(C)OCCO1.I.